The first-order chi connectivity index (χ1) is 16.5. The zero-order valence-electron chi connectivity index (χ0n) is 17.6. The Morgan fingerprint density at radius 1 is 1.14 bits per heavy atom. The van der Waals surface area contributed by atoms with Gasteiger partial charge in [-0.3, -0.25) is 9.69 Å². The third-order valence-corrected chi connectivity index (χ3v) is 5.28. The van der Waals surface area contributed by atoms with E-state index in [-0.39, 0.29) is 24.1 Å². The SMILES string of the molecule is O=C(CN1CC(c2nc(-c3cccs3)no2)C1)Nc1ccc(OC(F)(F)F)cc1.O=C(O)C(=O)O. The molecule has 1 aliphatic heterocycles. The van der Waals surface area contributed by atoms with E-state index < -0.39 is 18.3 Å². The fourth-order valence-corrected chi connectivity index (χ4v) is 3.55. The standard InChI is InChI=1S/C18H15F3N4O3S.C2H2O4/c19-18(20,21)27-13-5-3-12(4-6-13)22-15(26)10-25-8-11(9-25)17-23-16(24-28-17)14-2-1-7-29-14;3-1(4)2(5)6/h1-7,11H,8-10H2,(H,22,26);(H,3,4)(H,5,6). The number of nitrogens with one attached hydrogen (secondary N) is 1. The number of carbonyl (C=O) groups excluding carboxylic acids is 1. The smallest absolute Gasteiger partial charge is 0.473 e. The van der Waals surface area contributed by atoms with E-state index in [0.29, 0.717) is 30.5 Å². The number of aromatic nitrogens is 2. The summed E-state index contributed by atoms with van der Waals surface area (Å²) in [7, 11) is 0. The molecule has 1 saturated heterocycles. The summed E-state index contributed by atoms with van der Waals surface area (Å²) in [6.45, 7) is 1.37. The normalized spacial score (nSPS) is 13.8. The predicted octanol–water partition coefficient (Wildman–Crippen LogP) is 2.89. The summed E-state index contributed by atoms with van der Waals surface area (Å²) in [4.78, 5) is 37.6. The lowest BCUT2D eigenvalue weighted by molar-refractivity contribution is -0.274. The number of hydrogen-bond donors (Lipinski definition) is 3. The van der Waals surface area contributed by atoms with Gasteiger partial charge in [-0.2, -0.15) is 4.98 Å². The predicted molar refractivity (Wildman–Crippen MR) is 114 cm³/mol. The molecule has 3 N–H and O–H groups in total. The number of ether oxygens (including phenoxy) is 1. The van der Waals surface area contributed by atoms with Gasteiger partial charge in [-0.25, -0.2) is 9.59 Å². The number of rotatable bonds is 6. The molecule has 11 nitrogen and oxygen atoms in total. The first kappa shape index (κ1) is 25.6. The van der Waals surface area contributed by atoms with Crippen LogP contribution in [0.4, 0.5) is 18.9 Å². The Hall–Kier alpha value is -3.98. The molecule has 4 rings (SSSR count). The molecule has 3 heterocycles. The summed E-state index contributed by atoms with van der Waals surface area (Å²) in [6.07, 6.45) is -4.75. The second kappa shape index (κ2) is 11.0. The van der Waals surface area contributed by atoms with Crippen LogP contribution in [0.25, 0.3) is 10.7 Å². The van der Waals surface area contributed by atoms with Crippen LogP contribution in [0, 0.1) is 0 Å². The van der Waals surface area contributed by atoms with Crippen LogP contribution in [0.5, 0.6) is 5.75 Å². The summed E-state index contributed by atoms with van der Waals surface area (Å²) in [5.74, 6) is -3.08. The number of hydrogen-bond acceptors (Lipinski definition) is 9. The molecule has 0 bridgehead atoms. The number of anilines is 1. The number of benzene rings is 1. The van der Waals surface area contributed by atoms with Crippen LogP contribution in [0.1, 0.15) is 11.8 Å². The fraction of sp³-hybridized carbons (Fsp3) is 0.250. The number of thiophene rings is 1. The van der Waals surface area contributed by atoms with E-state index in [4.69, 9.17) is 24.3 Å². The van der Waals surface area contributed by atoms with Crippen LogP contribution < -0.4 is 10.1 Å². The molecule has 0 spiro atoms. The maximum absolute atomic E-state index is 12.2. The molecule has 0 aliphatic carbocycles. The van der Waals surface area contributed by atoms with Crippen LogP contribution in [-0.4, -0.2) is 69.1 Å². The molecule has 0 atom stereocenters. The Labute approximate surface area is 198 Å². The molecule has 0 saturated carbocycles. The average molecular weight is 514 g/mol. The van der Waals surface area contributed by atoms with Gasteiger partial charge in [0.15, 0.2) is 0 Å². The molecule has 2 aromatic heterocycles. The van der Waals surface area contributed by atoms with Gasteiger partial charge in [0.05, 0.1) is 17.3 Å². The van der Waals surface area contributed by atoms with Crippen molar-refractivity contribution in [3.63, 3.8) is 0 Å². The van der Waals surface area contributed by atoms with Gasteiger partial charge < -0.3 is 24.8 Å². The number of carbonyl (C=O) groups is 3. The minimum Gasteiger partial charge on any atom is -0.473 e. The van der Waals surface area contributed by atoms with E-state index in [0.717, 1.165) is 17.0 Å². The van der Waals surface area contributed by atoms with E-state index in [1.54, 1.807) is 0 Å². The molecule has 1 fully saturated rings. The van der Waals surface area contributed by atoms with Crippen molar-refractivity contribution in [2.45, 2.75) is 12.3 Å². The maximum Gasteiger partial charge on any atom is 0.573 e. The van der Waals surface area contributed by atoms with Gasteiger partial charge in [0.25, 0.3) is 0 Å². The van der Waals surface area contributed by atoms with Crippen LogP contribution >= 0.6 is 11.3 Å². The molecule has 1 amide bonds. The third kappa shape index (κ3) is 7.79. The van der Waals surface area contributed by atoms with Gasteiger partial charge >= 0.3 is 18.3 Å². The Bertz CT molecular complexity index is 1150. The number of likely N-dealkylation sites (tertiary alicyclic amines) is 1. The van der Waals surface area contributed by atoms with Gasteiger partial charge in [-0.15, -0.1) is 24.5 Å². The Balaban J connectivity index is 0.000000509. The quantitative estimate of drug-likeness (QED) is 0.418. The summed E-state index contributed by atoms with van der Waals surface area (Å²) >= 11 is 1.53. The van der Waals surface area contributed by atoms with E-state index in [9.17, 15) is 18.0 Å². The number of carboxylic acids is 2. The zero-order valence-corrected chi connectivity index (χ0v) is 18.4. The Kier molecular flexibility index (Phi) is 8.03. The molecule has 0 unspecified atom stereocenters. The Morgan fingerprint density at radius 2 is 1.80 bits per heavy atom. The van der Waals surface area contributed by atoms with Gasteiger partial charge in [-0.05, 0) is 35.7 Å². The number of alkyl halides is 3. The van der Waals surface area contributed by atoms with Gasteiger partial charge in [0.2, 0.25) is 17.6 Å². The molecule has 1 aliphatic rings. The Morgan fingerprint density at radius 3 is 2.34 bits per heavy atom. The highest BCUT2D eigenvalue weighted by Gasteiger charge is 2.34. The van der Waals surface area contributed by atoms with E-state index >= 15 is 0 Å². The van der Waals surface area contributed by atoms with Crippen LogP contribution in [0.3, 0.4) is 0 Å². The lowest BCUT2D eigenvalue weighted by atomic mass is 10.0. The van der Waals surface area contributed by atoms with Crippen molar-refractivity contribution in [2.75, 3.05) is 25.0 Å². The van der Waals surface area contributed by atoms with Crippen LogP contribution in [-0.2, 0) is 14.4 Å². The first-order valence-corrected chi connectivity index (χ1v) is 10.6. The largest absolute Gasteiger partial charge is 0.573 e. The number of carboxylic acid groups (broad SMARTS) is 2. The number of nitrogens with zero attached hydrogens (tertiary/aromatic N) is 3. The van der Waals surface area contributed by atoms with Crippen molar-refractivity contribution >= 4 is 34.9 Å². The van der Waals surface area contributed by atoms with Crippen LogP contribution in [0.2, 0.25) is 0 Å². The first-order valence-electron chi connectivity index (χ1n) is 9.72. The summed E-state index contributed by atoms with van der Waals surface area (Å²) in [5.41, 5.74) is 0.388. The van der Waals surface area contributed by atoms with Gasteiger partial charge in [0.1, 0.15) is 5.75 Å². The van der Waals surface area contributed by atoms with Crippen molar-refractivity contribution in [2.24, 2.45) is 0 Å². The molecule has 186 valence electrons. The van der Waals surface area contributed by atoms with Gasteiger partial charge in [-0.1, -0.05) is 11.2 Å². The lowest BCUT2D eigenvalue weighted by Crippen LogP contribution is -2.48. The van der Waals surface area contributed by atoms with E-state index in [1.165, 1.54) is 23.5 Å². The number of aliphatic carboxylic acids is 2. The summed E-state index contributed by atoms with van der Waals surface area (Å²) in [6, 6.07) is 8.81. The maximum atomic E-state index is 12.2. The summed E-state index contributed by atoms with van der Waals surface area (Å²) in [5, 5.41) is 23.3. The molecule has 35 heavy (non-hydrogen) atoms. The monoisotopic (exact) mass is 514 g/mol. The van der Waals surface area contributed by atoms with Crippen LogP contribution in [0.15, 0.2) is 46.3 Å². The minimum absolute atomic E-state index is 0.0720. The zero-order chi connectivity index (χ0) is 25.6. The van der Waals surface area contributed by atoms with Crippen molar-refractivity contribution in [1.82, 2.24) is 15.0 Å². The molecule has 3 aromatic rings. The highest BCUT2D eigenvalue weighted by molar-refractivity contribution is 7.13. The topological polar surface area (TPSA) is 155 Å². The highest BCUT2D eigenvalue weighted by Crippen LogP contribution is 2.29. The second-order valence-electron chi connectivity index (χ2n) is 7.06. The lowest BCUT2D eigenvalue weighted by Gasteiger charge is -2.36. The van der Waals surface area contributed by atoms with Crippen molar-refractivity contribution in [1.29, 1.82) is 0 Å². The van der Waals surface area contributed by atoms with Gasteiger partial charge in [0, 0.05) is 18.8 Å². The molecular weight excluding hydrogens is 497 g/mol. The fourth-order valence-electron chi connectivity index (χ4n) is 2.91. The molecule has 1 aromatic carbocycles. The number of amides is 1. The van der Waals surface area contributed by atoms with E-state index in [1.807, 2.05) is 22.4 Å². The average Bonchev–Trinajstić information content (AvgIpc) is 3.43. The molecule has 0 radical (unpaired) electrons. The summed E-state index contributed by atoms with van der Waals surface area (Å²) < 4.78 is 45.6. The van der Waals surface area contributed by atoms with Crippen molar-refractivity contribution in [3.05, 3.63) is 47.7 Å². The third-order valence-electron chi connectivity index (χ3n) is 4.41. The van der Waals surface area contributed by atoms with Crippen molar-refractivity contribution < 1.29 is 47.0 Å². The van der Waals surface area contributed by atoms with E-state index in [2.05, 4.69) is 20.2 Å². The minimum atomic E-state index is -4.75. The van der Waals surface area contributed by atoms with Crippen molar-refractivity contribution in [3.8, 4) is 16.5 Å². The number of halogens is 3. The molecule has 15 heteroatoms. The highest BCUT2D eigenvalue weighted by atomic mass is 32.1. The molecular formula is C20H17F3N4O7S. The second-order valence-corrected chi connectivity index (χ2v) is 8.00.